The minimum atomic E-state index is -0.526. The molecule has 0 aliphatic carbocycles. The van der Waals surface area contributed by atoms with Crippen molar-refractivity contribution in [3.8, 4) is 5.69 Å². The lowest BCUT2D eigenvalue weighted by molar-refractivity contribution is -0.384. The first kappa shape index (κ1) is 11.8. The summed E-state index contributed by atoms with van der Waals surface area (Å²) < 4.78 is 1.33. The van der Waals surface area contributed by atoms with Crippen molar-refractivity contribution >= 4 is 22.8 Å². The number of benzene rings is 1. The molecule has 2 heterocycles. The number of nitro groups is 1. The molecule has 0 amide bonds. The van der Waals surface area contributed by atoms with Crippen LogP contribution in [0.5, 0.6) is 0 Å². The number of hydrogen-bond donors (Lipinski definition) is 2. The van der Waals surface area contributed by atoms with Gasteiger partial charge in [-0.3, -0.25) is 19.5 Å². The predicted octanol–water partition coefficient (Wildman–Crippen LogP) is 0.599. The van der Waals surface area contributed by atoms with Gasteiger partial charge >= 0.3 is 0 Å². The molecule has 0 saturated carbocycles. The zero-order chi connectivity index (χ0) is 14.3. The maximum Gasteiger partial charge on any atom is 0.277 e. The Morgan fingerprint density at radius 1 is 1.40 bits per heavy atom. The third-order valence-corrected chi connectivity index (χ3v) is 2.78. The second-order valence-electron chi connectivity index (χ2n) is 3.99. The van der Waals surface area contributed by atoms with Crippen LogP contribution in [0.15, 0.2) is 35.4 Å². The van der Waals surface area contributed by atoms with Crippen LogP contribution in [0.1, 0.15) is 0 Å². The number of rotatable bonds is 2. The molecule has 1 aromatic carbocycles. The van der Waals surface area contributed by atoms with Gasteiger partial charge in [0.25, 0.3) is 11.2 Å². The molecule has 0 atom stereocenters. The van der Waals surface area contributed by atoms with Crippen LogP contribution in [0.4, 0.5) is 11.6 Å². The van der Waals surface area contributed by atoms with Gasteiger partial charge in [0.15, 0.2) is 11.2 Å². The van der Waals surface area contributed by atoms with E-state index in [1.54, 1.807) is 6.07 Å². The van der Waals surface area contributed by atoms with E-state index < -0.39 is 10.5 Å². The summed E-state index contributed by atoms with van der Waals surface area (Å²) in [4.78, 5) is 32.4. The number of nitrogens with two attached hydrogens (primary N) is 1. The molecule has 2 aromatic heterocycles. The first-order valence-electron chi connectivity index (χ1n) is 5.54. The Labute approximate surface area is 110 Å². The van der Waals surface area contributed by atoms with E-state index in [0.717, 1.165) is 0 Å². The molecule has 0 aliphatic heterocycles. The van der Waals surface area contributed by atoms with Crippen molar-refractivity contribution in [2.24, 2.45) is 0 Å². The van der Waals surface area contributed by atoms with Crippen molar-refractivity contribution in [2.45, 2.75) is 0 Å². The lowest BCUT2D eigenvalue weighted by Gasteiger charge is -2.05. The maximum atomic E-state index is 11.9. The number of non-ortho nitro benzene ring substituents is 1. The van der Waals surface area contributed by atoms with E-state index in [0.29, 0.717) is 5.69 Å². The van der Waals surface area contributed by atoms with E-state index in [-0.39, 0.29) is 22.8 Å². The van der Waals surface area contributed by atoms with Gasteiger partial charge in [-0.25, -0.2) is 4.98 Å². The Morgan fingerprint density at radius 2 is 2.20 bits per heavy atom. The standard InChI is InChI=1S/C11H8N6O3/c12-11-15-9-8(10(18)14-5-13-9)16(11)6-2-1-3-7(4-6)17(19)20/h1-5H,(H3,12,13,14,15,18). The third kappa shape index (κ3) is 1.68. The zero-order valence-electron chi connectivity index (χ0n) is 9.98. The van der Waals surface area contributed by atoms with Crippen molar-refractivity contribution in [3.63, 3.8) is 0 Å². The van der Waals surface area contributed by atoms with Crippen LogP contribution in [-0.2, 0) is 0 Å². The molecule has 3 aromatic rings. The molecule has 3 N–H and O–H groups in total. The van der Waals surface area contributed by atoms with Crippen molar-refractivity contribution in [1.29, 1.82) is 0 Å². The Morgan fingerprint density at radius 3 is 2.95 bits per heavy atom. The minimum absolute atomic E-state index is 0.0321. The average molecular weight is 272 g/mol. The molecule has 20 heavy (non-hydrogen) atoms. The molecule has 0 bridgehead atoms. The minimum Gasteiger partial charge on any atom is -0.369 e. The van der Waals surface area contributed by atoms with E-state index >= 15 is 0 Å². The fourth-order valence-corrected chi connectivity index (χ4v) is 1.95. The number of H-pyrrole nitrogens is 1. The first-order valence-corrected chi connectivity index (χ1v) is 5.54. The Kier molecular flexibility index (Phi) is 2.46. The molecular weight excluding hydrogens is 264 g/mol. The molecular formula is C11H8N6O3. The highest BCUT2D eigenvalue weighted by atomic mass is 16.6. The zero-order valence-corrected chi connectivity index (χ0v) is 9.98. The first-order chi connectivity index (χ1) is 9.58. The molecule has 3 rings (SSSR count). The van der Waals surface area contributed by atoms with Gasteiger partial charge in [0.1, 0.15) is 0 Å². The van der Waals surface area contributed by atoms with Gasteiger partial charge in [-0.05, 0) is 6.07 Å². The number of nitrogen functional groups attached to an aromatic ring is 1. The Hall–Kier alpha value is -3.23. The van der Waals surface area contributed by atoms with E-state index in [1.165, 1.54) is 29.1 Å². The van der Waals surface area contributed by atoms with Crippen LogP contribution in [0.3, 0.4) is 0 Å². The van der Waals surface area contributed by atoms with E-state index in [2.05, 4.69) is 15.0 Å². The number of nitro benzene ring substituents is 1. The molecule has 0 fully saturated rings. The van der Waals surface area contributed by atoms with Crippen LogP contribution < -0.4 is 11.3 Å². The van der Waals surface area contributed by atoms with Crippen LogP contribution in [0.25, 0.3) is 16.9 Å². The van der Waals surface area contributed by atoms with E-state index in [4.69, 9.17) is 5.73 Å². The lowest BCUT2D eigenvalue weighted by Crippen LogP contribution is -2.11. The summed E-state index contributed by atoms with van der Waals surface area (Å²) >= 11 is 0. The number of aromatic amines is 1. The normalized spacial score (nSPS) is 10.8. The van der Waals surface area contributed by atoms with Crippen LogP contribution in [0, 0.1) is 10.1 Å². The number of nitrogens with zero attached hydrogens (tertiary/aromatic N) is 4. The smallest absolute Gasteiger partial charge is 0.277 e. The van der Waals surface area contributed by atoms with Crippen molar-refractivity contribution in [2.75, 3.05) is 5.73 Å². The highest BCUT2D eigenvalue weighted by Gasteiger charge is 2.16. The van der Waals surface area contributed by atoms with Crippen molar-refractivity contribution in [3.05, 3.63) is 51.1 Å². The van der Waals surface area contributed by atoms with Gasteiger partial charge in [-0.1, -0.05) is 6.07 Å². The highest BCUT2D eigenvalue weighted by Crippen LogP contribution is 2.22. The fraction of sp³-hybridized carbons (Fsp3) is 0. The van der Waals surface area contributed by atoms with Crippen molar-refractivity contribution < 1.29 is 4.92 Å². The summed E-state index contributed by atoms with van der Waals surface area (Å²) in [5, 5.41) is 10.8. The van der Waals surface area contributed by atoms with E-state index in [1.807, 2.05) is 0 Å². The summed E-state index contributed by atoms with van der Waals surface area (Å²) in [6, 6.07) is 5.76. The van der Waals surface area contributed by atoms with Crippen LogP contribution in [0.2, 0.25) is 0 Å². The maximum absolute atomic E-state index is 11.9. The van der Waals surface area contributed by atoms with Crippen LogP contribution in [-0.4, -0.2) is 24.4 Å². The molecule has 0 spiro atoms. The number of anilines is 1. The topological polar surface area (TPSA) is 133 Å². The molecule has 0 aliphatic rings. The summed E-state index contributed by atoms with van der Waals surface area (Å²) in [7, 11) is 0. The predicted molar refractivity (Wildman–Crippen MR) is 70.6 cm³/mol. The van der Waals surface area contributed by atoms with Gasteiger partial charge in [0, 0.05) is 12.1 Å². The summed E-state index contributed by atoms with van der Waals surface area (Å²) in [6.45, 7) is 0. The lowest BCUT2D eigenvalue weighted by atomic mass is 10.3. The summed E-state index contributed by atoms with van der Waals surface area (Å²) in [6.07, 6.45) is 1.22. The van der Waals surface area contributed by atoms with E-state index in [9.17, 15) is 14.9 Å². The molecule has 0 saturated heterocycles. The van der Waals surface area contributed by atoms with Gasteiger partial charge in [0.2, 0.25) is 5.95 Å². The largest absolute Gasteiger partial charge is 0.369 e. The molecule has 0 radical (unpaired) electrons. The number of fused-ring (bicyclic) bond motifs is 1. The van der Waals surface area contributed by atoms with Gasteiger partial charge in [-0.2, -0.15) is 4.98 Å². The Bertz CT molecular complexity index is 881. The second kappa shape index (κ2) is 4.16. The SMILES string of the molecule is Nc1nc2nc[nH]c(=O)c2n1-c1cccc([N+](=O)[O-])c1. The number of hydrogen-bond acceptors (Lipinski definition) is 6. The summed E-state index contributed by atoms with van der Waals surface area (Å²) in [5.74, 6) is 0.0321. The van der Waals surface area contributed by atoms with Gasteiger partial charge < -0.3 is 10.7 Å². The monoisotopic (exact) mass is 272 g/mol. The van der Waals surface area contributed by atoms with Gasteiger partial charge in [-0.15, -0.1) is 0 Å². The van der Waals surface area contributed by atoms with Crippen molar-refractivity contribution in [1.82, 2.24) is 19.5 Å². The number of imidazole rings is 1. The fourth-order valence-electron chi connectivity index (χ4n) is 1.95. The average Bonchev–Trinajstić information content (AvgIpc) is 2.76. The highest BCUT2D eigenvalue weighted by molar-refractivity contribution is 5.76. The molecule has 100 valence electrons. The quantitative estimate of drug-likeness (QED) is 0.518. The molecule has 9 heteroatoms. The van der Waals surface area contributed by atoms with Crippen LogP contribution >= 0.6 is 0 Å². The molecule has 0 unspecified atom stereocenters. The van der Waals surface area contributed by atoms with Gasteiger partial charge in [0.05, 0.1) is 16.9 Å². The number of aromatic nitrogens is 4. The molecule has 9 nitrogen and oxygen atoms in total. The Balaban J connectivity index is 2.35. The second-order valence-corrected chi connectivity index (χ2v) is 3.99. The summed E-state index contributed by atoms with van der Waals surface area (Å²) in [5.41, 5.74) is 5.93. The number of nitrogens with one attached hydrogen (secondary N) is 1. The third-order valence-electron chi connectivity index (χ3n) is 2.78.